The van der Waals surface area contributed by atoms with Crippen LogP contribution < -0.4 is 5.32 Å². The molecule has 1 aliphatic rings. The molecular weight excluding hydrogens is 254 g/mol. The van der Waals surface area contributed by atoms with Crippen LogP contribution in [0.25, 0.3) is 0 Å². The SMILES string of the molecule is CC(C(=O)NC(CCC(=O)O)c1ccccc1)C1CC1. The van der Waals surface area contributed by atoms with Gasteiger partial charge in [-0.05, 0) is 30.7 Å². The third kappa shape index (κ3) is 4.08. The Morgan fingerprint density at radius 3 is 2.50 bits per heavy atom. The van der Waals surface area contributed by atoms with Crippen molar-refractivity contribution in [1.82, 2.24) is 5.32 Å². The summed E-state index contributed by atoms with van der Waals surface area (Å²) >= 11 is 0. The highest BCUT2D eigenvalue weighted by Crippen LogP contribution is 2.37. The summed E-state index contributed by atoms with van der Waals surface area (Å²) in [6.07, 6.45) is 2.72. The molecule has 0 saturated heterocycles. The maximum absolute atomic E-state index is 12.2. The largest absolute Gasteiger partial charge is 0.481 e. The molecule has 1 aromatic rings. The topological polar surface area (TPSA) is 66.4 Å². The first-order valence-corrected chi connectivity index (χ1v) is 7.15. The molecule has 4 heteroatoms. The number of carboxylic acid groups (broad SMARTS) is 1. The normalized spacial score (nSPS) is 17.2. The van der Waals surface area contributed by atoms with E-state index in [1.54, 1.807) is 0 Å². The zero-order chi connectivity index (χ0) is 14.5. The van der Waals surface area contributed by atoms with Crippen molar-refractivity contribution < 1.29 is 14.7 Å². The van der Waals surface area contributed by atoms with Crippen molar-refractivity contribution in [2.24, 2.45) is 11.8 Å². The molecule has 2 N–H and O–H groups in total. The first-order chi connectivity index (χ1) is 9.58. The fourth-order valence-electron chi connectivity index (χ4n) is 2.39. The molecule has 4 nitrogen and oxygen atoms in total. The first kappa shape index (κ1) is 14.6. The van der Waals surface area contributed by atoms with Crippen molar-refractivity contribution in [3.05, 3.63) is 35.9 Å². The molecule has 1 aliphatic carbocycles. The molecule has 20 heavy (non-hydrogen) atoms. The highest BCUT2D eigenvalue weighted by molar-refractivity contribution is 5.79. The Balaban J connectivity index is 2.01. The van der Waals surface area contributed by atoms with Crippen molar-refractivity contribution in [1.29, 1.82) is 0 Å². The lowest BCUT2D eigenvalue weighted by atomic mass is 9.99. The monoisotopic (exact) mass is 275 g/mol. The fraction of sp³-hybridized carbons (Fsp3) is 0.500. The van der Waals surface area contributed by atoms with E-state index < -0.39 is 5.97 Å². The number of benzene rings is 1. The second kappa shape index (κ2) is 6.55. The van der Waals surface area contributed by atoms with Gasteiger partial charge in [0.2, 0.25) is 5.91 Å². The third-order valence-corrected chi connectivity index (χ3v) is 3.91. The smallest absolute Gasteiger partial charge is 0.303 e. The Kier molecular flexibility index (Phi) is 4.77. The van der Waals surface area contributed by atoms with Gasteiger partial charge in [0.25, 0.3) is 0 Å². The van der Waals surface area contributed by atoms with E-state index in [0.717, 1.165) is 18.4 Å². The Bertz CT molecular complexity index is 468. The van der Waals surface area contributed by atoms with Gasteiger partial charge in [-0.3, -0.25) is 9.59 Å². The number of amides is 1. The lowest BCUT2D eigenvalue weighted by Crippen LogP contribution is -2.34. The number of rotatable bonds is 7. The lowest BCUT2D eigenvalue weighted by Gasteiger charge is -2.21. The Hall–Kier alpha value is -1.84. The van der Waals surface area contributed by atoms with Crippen LogP contribution in [-0.2, 0) is 9.59 Å². The second-order valence-corrected chi connectivity index (χ2v) is 5.53. The molecule has 1 amide bonds. The van der Waals surface area contributed by atoms with Crippen molar-refractivity contribution in [3.63, 3.8) is 0 Å². The summed E-state index contributed by atoms with van der Waals surface area (Å²) in [7, 11) is 0. The summed E-state index contributed by atoms with van der Waals surface area (Å²) in [6, 6.07) is 9.34. The van der Waals surface area contributed by atoms with Crippen LogP contribution in [0.4, 0.5) is 0 Å². The van der Waals surface area contributed by atoms with Gasteiger partial charge in [0.1, 0.15) is 0 Å². The predicted molar refractivity (Wildman–Crippen MR) is 76.1 cm³/mol. The van der Waals surface area contributed by atoms with E-state index in [1.807, 2.05) is 37.3 Å². The van der Waals surface area contributed by atoms with Crippen molar-refractivity contribution in [3.8, 4) is 0 Å². The van der Waals surface area contributed by atoms with Gasteiger partial charge in [0.15, 0.2) is 0 Å². The van der Waals surface area contributed by atoms with Gasteiger partial charge in [-0.2, -0.15) is 0 Å². The van der Waals surface area contributed by atoms with Gasteiger partial charge in [-0.25, -0.2) is 0 Å². The van der Waals surface area contributed by atoms with Crippen molar-refractivity contribution in [2.75, 3.05) is 0 Å². The molecule has 108 valence electrons. The summed E-state index contributed by atoms with van der Waals surface area (Å²) in [5.74, 6) is -0.279. The maximum Gasteiger partial charge on any atom is 0.303 e. The number of nitrogens with one attached hydrogen (secondary N) is 1. The molecule has 2 unspecified atom stereocenters. The Morgan fingerprint density at radius 1 is 1.30 bits per heavy atom. The quantitative estimate of drug-likeness (QED) is 0.804. The molecule has 1 saturated carbocycles. The van der Waals surface area contributed by atoms with Crippen LogP contribution in [0, 0.1) is 11.8 Å². The van der Waals surface area contributed by atoms with Gasteiger partial charge in [-0.15, -0.1) is 0 Å². The van der Waals surface area contributed by atoms with Gasteiger partial charge in [-0.1, -0.05) is 37.3 Å². The summed E-state index contributed by atoms with van der Waals surface area (Å²) in [5.41, 5.74) is 0.963. The van der Waals surface area contributed by atoms with Gasteiger partial charge >= 0.3 is 5.97 Å². The summed E-state index contributed by atoms with van der Waals surface area (Å²) in [4.78, 5) is 23.0. The average Bonchev–Trinajstić information content (AvgIpc) is 3.27. The number of carbonyl (C=O) groups excluding carboxylic acids is 1. The van der Waals surface area contributed by atoms with Gasteiger partial charge in [0.05, 0.1) is 6.04 Å². The highest BCUT2D eigenvalue weighted by atomic mass is 16.4. The van der Waals surface area contributed by atoms with Crippen LogP contribution >= 0.6 is 0 Å². The molecule has 0 aromatic heterocycles. The van der Waals surface area contributed by atoms with E-state index in [9.17, 15) is 9.59 Å². The van der Waals surface area contributed by atoms with E-state index in [1.165, 1.54) is 0 Å². The standard InChI is InChI=1S/C16H21NO3/c1-11(12-7-8-12)16(20)17-14(9-10-15(18)19)13-5-3-2-4-6-13/h2-6,11-12,14H,7-10H2,1H3,(H,17,20)(H,18,19). The number of aliphatic carboxylic acids is 1. The molecule has 1 aromatic carbocycles. The summed E-state index contributed by atoms with van der Waals surface area (Å²) in [5, 5.41) is 11.8. The molecule has 2 atom stereocenters. The zero-order valence-electron chi connectivity index (χ0n) is 11.7. The van der Waals surface area contributed by atoms with Crippen molar-refractivity contribution in [2.45, 2.75) is 38.6 Å². The Labute approximate surface area is 119 Å². The molecule has 0 bridgehead atoms. The molecule has 0 heterocycles. The van der Waals surface area contributed by atoms with E-state index in [-0.39, 0.29) is 24.3 Å². The summed E-state index contributed by atoms with van der Waals surface area (Å²) < 4.78 is 0. The van der Waals surface area contributed by atoms with Gasteiger partial charge < -0.3 is 10.4 Å². The average molecular weight is 275 g/mol. The van der Waals surface area contributed by atoms with E-state index in [0.29, 0.717) is 12.3 Å². The minimum Gasteiger partial charge on any atom is -0.481 e. The van der Waals surface area contributed by atoms with Crippen molar-refractivity contribution >= 4 is 11.9 Å². The Morgan fingerprint density at radius 2 is 1.95 bits per heavy atom. The molecular formula is C16H21NO3. The fourth-order valence-corrected chi connectivity index (χ4v) is 2.39. The second-order valence-electron chi connectivity index (χ2n) is 5.53. The molecule has 2 rings (SSSR count). The highest BCUT2D eigenvalue weighted by Gasteiger charge is 2.33. The van der Waals surface area contributed by atoms with Gasteiger partial charge in [0, 0.05) is 12.3 Å². The zero-order valence-corrected chi connectivity index (χ0v) is 11.7. The number of hydrogen-bond donors (Lipinski definition) is 2. The van der Waals surface area contributed by atoms with Crippen LogP contribution in [0.15, 0.2) is 30.3 Å². The summed E-state index contributed by atoms with van der Waals surface area (Å²) in [6.45, 7) is 1.95. The van der Waals surface area contributed by atoms with Crippen LogP contribution in [0.5, 0.6) is 0 Å². The number of hydrogen-bond acceptors (Lipinski definition) is 2. The van der Waals surface area contributed by atoms with E-state index in [2.05, 4.69) is 5.32 Å². The van der Waals surface area contributed by atoms with E-state index >= 15 is 0 Å². The predicted octanol–water partition coefficient (Wildman–Crippen LogP) is 2.75. The van der Waals surface area contributed by atoms with Crippen LogP contribution in [0.1, 0.15) is 44.2 Å². The van der Waals surface area contributed by atoms with Crippen LogP contribution in [0.3, 0.4) is 0 Å². The maximum atomic E-state index is 12.2. The molecule has 0 radical (unpaired) electrons. The third-order valence-electron chi connectivity index (χ3n) is 3.91. The van der Waals surface area contributed by atoms with Crippen LogP contribution in [0.2, 0.25) is 0 Å². The number of carbonyl (C=O) groups is 2. The lowest BCUT2D eigenvalue weighted by molar-refractivity contribution is -0.137. The van der Waals surface area contributed by atoms with E-state index in [4.69, 9.17) is 5.11 Å². The molecule has 0 spiro atoms. The minimum absolute atomic E-state index is 0.0195. The molecule has 0 aliphatic heterocycles. The number of carboxylic acids is 1. The molecule has 1 fully saturated rings. The van der Waals surface area contributed by atoms with Crippen LogP contribution in [-0.4, -0.2) is 17.0 Å². The minimum atomic E-state index is -0.838. The first-order valence-electron chi connectivity index (χ1n) is 7.15.